The molecule has 20 heavy (non-hydrogen) atoms. The number of hydrogen-bond donors (Lipinski definition) is 2. The van der Waals surface area contributed by atoms with Crippen LogP contribution in [0.5, 0.6) is 5.75 Å². The molecule has 0 aliphatic heterocycles. The number of rotatable bonds is 8. The maximum Gasteiger partial charge on any atom is 0.306 e. The zero-order valence-electron chi connectivity index (χ0n) is 11.9. The van der Waals surface area contributed by atoms with Gasteiger partial charge in [0, 0.05) is 6.54 Å². The van der Waals surface area contributed by atoms with E-state index in [-0.39, 0.29) is 12.5 Å². The number of aryl methyl sites for hydroxylation is 1. The van der Waals surface area contributed by atoms with Gasteiger partial charge < -0.3 is 15.2 Å². The molecule has 1 atom stereocenters. The molecule has 0 heterocycles. The van der Waals surface area contributed by atoms with Crippen LogP contribution in [0.3, 0.4) is 0 Å². The lowest BCUT2D eigenvalue weighted by molar-refractivity contribution is -0.141. The van der Waals surface area contributed by atoms with Gasteiger partial charge in [0.25, 0.3) is 5.91 Å². The van der Waals surface area contributed by atoms with Crippen molar-refractivity contribution in [2.45, 2.75) is 26.7 Å². The molecule has 1 amide bonds. The predicted molar refractivity (Wildman–Crippen MR) is 75.7 cm³/mol. The largest absolute Gasteiger partial charge is 0.484 e. The molecule has 110 valence electrons. The molecule has 1 aromatic carbocycles. The number of carboxylic acids is 1. The van der Waals surface area contributed by atoms with Gasteiger partial charge in [-0.15, -0.1) is 0 Å². The van der Waals surface area contributed by atoms with Gasteiger partial charge in [0.05, 0.1) is 5.92 Å². The molecule has 5 nitrogen and oxygen atoms in total. The maximum absolute atomic E-state index is 11.5. The Kier molecular flexibility index (Phi) is 6.56. The summed E-state index contributed by atoms with van der Waals surface area (Å²) in [5.41, 5.74) is 1.21. The van der Waals surface area contributed by atoms with E-state index in [4.69, 9.17) is 9.84 Å². The Labute approximate surface area is 118 Å². The van der Waals surface area contributed by atoms with Crippen LogP contribution in [0.1, 0.15) is 25.8 Å². The van der Waals surface area contributed by atoms with Crippen molar-refractivity contribution in [3.63, 3.8) is 0 Å². The van der Waals surface area contributed by atoms with Gasteiger partial charge in [-0.1, -0.05) is 26.0 Å². The Balaban J connectivity index is 2.23. The topological polar surface area (TPSA) is 75.6 Å². The molecule has 0 saturated heterocycles. The molecule has 0 aliphatic carbocycles. The van der Waals surface area contributed by atoms with Gasteiger partial charge in [0.1, 0.15) is 5.75 Å². The molecule has 5 heteroatoms. The van der Waals surface area contributed by atoms with E-state index < -0.39 is 11.9 Å². The Hall–Kier alpha value is -2.04. The first-order valence-corrected chi connectivity index (χ1v) is 6.74. The number of carbonyl (C=O) groups is 2. The summed E-state index contributed by atoms with van der Waals surface area (Å²) >= 11 is 0. The molecule has 1 aromatic rings. The van der Waals surface area contributed by atoms with Crippen molar-refractivity contribution in [1.82, 2.24) is 5.32 Å². The van der Waals surface area contributed by atoms with Crippen molar-refractivity contribution in [3.8, 4) is 5.75 Å². The van der Waals surface area contributed by atoms with Crippen LogP contribution < -0.4 is 10.1 Å². The monoisotopic (exact) mass is 279 g/mol. The zero-order valence-corrected chi connectivity index (χ0v) is 11.9. The smallest absolute Gasteiger partial charge is 0.306 e. The lowest BCUT2D eigenvalue weighted by atomic mass is 10.1. The molecule has 2 N–H and O–H groups in total. The van der Waals surface area contributed by atoms with Crippen LogP contribution in [-0.4, -0.2) is 30.1 Å². The summed E-state index contributed by atoms with van der Waals surface area (Å²) in [5, 5.41) is 11.3. The highest BCUT2D eigenvalue weighted by Gasteiger charge is 2.11. The summed E-state index contributed by atoms with van der Waals surface area (Å²) in [6, 6.07) is 7.58. The van der Waals surface area contributed by atoms with E-state index >= 15 is 0 Å². The van der Waals surface area contributed by atoms with Gasteiger partial charge in [0.15, 0.2) is 6.61 Å². The Bertz CT molecular complexity index is 442. The standard InChI is InChI=1S/C15H21NO4/c1-3-12-4-6-13(7-5-12)20-10-14(17)16-9-8-11(2)15(18)19/h4-7,11H,3,8-10H2,1-2H3,(H,16,17)(H,18,19). The van der Waals surface area contributed by atoms with E-state index in [1.54, 1.807) is 6.92 Å². The van der Waals surface area contributed by atoms with E-state index in [0.29, 0.717) is 18.7 Å². The van der Waals surface area contributed by atoms with Gasteiger partial charge in [-0.2, -0.15) is 0 Å². The Morgan fingerprint density at radius 2 is 1.95 bits per heavy atom. The number of carbonyl (C=O) groups excluding carboxylic acids is 1. The van der Waals surface area contributed by atoms with Crippen molar-refractivity contribution in [2.75, 3.05) is 13.2 Å². The number of aliphatic carboxylic acids is 1. The highest BCUT2D eigenvalue weighted by molar-refractivity contribution is 5.77. The number of amides is 1. The second-order valence-electron chi connectivity index (χ2n) is 4.66. The van der Waals surface area contributed by atoms with Gasteiger partial charge in [-0.3, -0.25) is 9.59 Å². The third-order valence-corrected chi connectivity index (χ3v) is 3.02. The molecule has 0 aliphatic rings. The second-order valence-corrected chi connectivity index (χ2v) is 4.66. The molecular weight excluding hydrogens is 258 g/mol. The Morgan fingerprint density at radius 1 is 1.30 bits per heavy atom. The van der Waals surface area contributed by atoms with Crippen LogP contribution in [0.2, 0.25) is 0 Å². The highest BCUT2D eigenvalue weighted by atomic mass is 16.5. The maximum atomic E-state index is 11.5. The lowest BCUT2D eigenvalue weighted by Crippen LogP contribution is -2.31. The first-order valence-electron chi connectivity index (χ1n) is 6.74. The summed E-state index contributed by atoms with van der Waals surface area (Å²) in [6.45, 7) is 3.96. The summed E-state index contributed by atoms with van der Waals surface area (Å²) in [6.07, 6.45) is 1.37. The average molecular weight is 279 g/mol. The third kappa shape index (κ3) is 5.73. The third-order valence-electron chi connectivity index (χ3n) is 3.02. The fraction of sp³-hybridized carbons (Fsp3) is 0.467. The van der Waals surface area contributed by atoms with Gasteiger partial charge in [0.2, 0.25) is 0 Å². The fourth-order valence-electron chi connectivity index (χ4n) is 1.57. The highest BCUT2D eigenvalue weighted by Crippen LogP contribution is 2.12. The normalized spacial score (nSPS) is 11.7. The number of carboxylic acid groups (broad SMARTS) is 1. The van der Waals surface area contributed by atoms with Crippen LogP contribution >= 0.6 is 0 Å². The molecule has 0 spiro atoms. The van der Waals surface area contributed by atoms with Crippen LogP contribution in [0, 0.1) is 5.92 Å². The molecule has 0 bridgehead atoms. The van der Waals surface area contributed by atoms with Crippen molar-refractivity contribution >= 4 is 11.9 Å². The molecular formula is C15H21NO4. The van der Waals surface area contributed by atoms with E-state index in [2.05, 4.69) is 12.2 Å². The summed E-state index contributed by atoms with van der Waals surface area (Å²) in [7, 11) is 0. The average Bonchev–Trinajstić information content (AvgIpc) is 2.45. The van der Waals surface area contributed by atoms with Crippen molar-refractivity contribution < 1.29 is 19.4 Å². The second kappa shape index (κ2) is 8.19. The zero-order chi connectivity index (χ0) is 15.0. The van der Waals surface area contributed by atoms with E-state index in [1.807, 2.05) is 24.3 Å². The van der Waals surface area contributed by atoms with Crippen molar-refractivity contribution in [1.29, 1.82) is 0 Å². The molecule has 0 saturated carbocycles. The lowest BCUT2D eigenvalue weighted by Gasteiger charge is -2.09. The summed E-state index contributed by atoms with van der Waals surface area (Å²) in [5.74, 6) is -0.914. The van der Waals surface area contributed by atoms with Crippen LogP contribution in [-0.2, 0) is 16.0 Å². The van der Waals surface area contributed by atoms with Gasteiger partial charge in [-0.25, -0.2) is 0 Å². The van der Waals surface area contributed by atoms with Gasteiger partial charge >= 0.3 is 5.97 Å². The number of ether oxygens (including phenoxy) is 1. The van der Waals surface area contributed by atoms with E-state index in [9.17, 15) is 9.59 Å². The Morgan fingerprint density at radius 3 is 2.50 bits per heavy atom. The molecule has 1 unspecified atom stereocenters. The molecule has 0 aromatic heterocycles. The predicted octanol–water partition coefficient (Wildman–Crippen LogP) is 1.85. The fourth-order valence-corrected chi connectivity index (χ4v) is 1.57. The van der Waals surface area contributed by atoms with Crippen LogP contribution in [0.15, 0.2) is 24.3 Å². The minimum atomic E-state index is -0.855. The quantitative estimate of drug-likeness (QED) is 0.761. The summed E-state index contributed by atoms with van der Waals surface area (Å²) in [4.78, 5) is 22.1. The first-order chi connectivity index (χ1) is 9.52. The summed E-state index contributed by atoms with van der Waals surface area (Å²) < 4.78 is 5.34. The number of nitrogens with one attached hydrogen (secondary N) is 1. The molecule has 0 radical (unpaired) electrons. The van der Waals surface area contributed by atoms with Crippen LogP contribution in [0.4, 0.5) is 0 Å². The minimum Gasteiger partial charge on any atom is -0.484 e. The number of benzene rings is 1. The first kappa shape index (κ1) is 16.0. The van der Waals surface area contributed by atoms with Crippen molar-refractivity contribution in [2.24, 2.45) is 5.92 Å². The minimum absolute atomic E-state index is 0.0626. The number of hydrogen-bond acceptors (Lipinski definition) is 3. The SMILES string of the molecule is CCc1ccc(OCC(=O)NCCC(C)C(=O)O)cc1. The van der Waals surface area contributed by atoms with Crippen molar-refractivity contribution in [3.05, 3.63) is 29.8 Å². The van der Waals surface area contributed by atoms with Gasteiger partial charge in [-0.05, 0) is 30.5 Å². The van der Waals surface area contributed by atoms with Crippen LogP contribution in [0.25, 0.3) is 0 Å². The van der Waals surface area contributed by atoms with E-state index in [0.717, 1.165) is 6.42 Å². The molecule has 0 fully saturated rings. The van der Waals surface area contributed by atoms with E-state index in [1.165, 1.54) is 5.56 Å². The molecule has 1 rings (SSSR count).